The monoisotopic (exact) mass is 404 g/mol. The summed E-state index contributed by atoms with van der Waals surface area (Å²) in [6, 6.07) is 19.9. The minimum absolute atomic E-state index is 0.261. The van der Waals surface area contributed by atoms with E-state index >= 15 is 0 Å². The highest BCUT2D eigenvalue weighted by molar-refractivity contribution is 6.11. The maximum absolute atomic E-state index is 13.0. The van der Waals surface area contributed by atoms with E-state index in [0.29, 0.717) is 29.3 Å². The average molecular weight is 404 g/mol. The number of rotatable bonds is 7. The van der Waals surface area contributed by atoms with E-state index in [1.807, 2.05) is 31.2 Å². The number of hydrogen-bond acceptors (Lipinski definition) is 4. The number of para-hydroxylation sites is 1. The third kappa shape index (κ3) is 4.78. The molecule has 154 valence electrons. The number of aryl methyl sites for hydroxylation is 1. The Kier molecular flexibility index (Phi) is 6.70. The first-order valence-electron chi connectivity index (χ1n) is 9.48. The van der Waals surface area contributed by atoms with E-state index in [-0.39, 0.29) is 11.5 Å². The molecule has 2 amide bonds. The lowest BCUT2D eigenvalue weighted by atomic mass is 10.1. The van der Waals surface area contributed by atoms with E-state index in [4.69, 9.17) is 9.47 Å². The van der Waals surface area contributed by atoms with Crippen LogP contribution in [0.5, 0.6) is 11.5 Å². The Bertz CT molecular complexity index is 1020. The van der Waals surface area contributed by atoms with Gasteiger partial charge in [-0.15, -0.1) is 0 Å². The molecule has 0 atom stereocenters. The summed E-state index contributed by atoms with van der Waals surface area (Å²) >= 11 is 0. The zero-order valence-corrected chi connectivity index (χ0v) is 17.2. The Morgan fingerprint density at radius 3 is 2.07 bits per heavy atom. The highest BCUT2D eigenvalue weighted by Gasteiger charge is 2.20. The molecule has 0 aliphatic carbocycles. The van der Waals surface area contributed by atoms with Gasteiger partial charge in [-0.05, 0) is 36.8 Å². The first-order valence-corrected chi connectivity index (χ1v) is 9.48. The van der Waals surface area contributed by atoms with Crippen LogP contribution in [0, 0.1) is 6.92 Å². The maximum atomic E-state index is 13.0. The van der Waals surface area contributed by atoms with E-state index < -0.39 is 5.91 Å². The summed E-state index contributed by atoms with van der Waals surface area (Å²) in [5.41, 5.74) is 3.18. The zero-order valence-electron chi connectivity index (χ0n) is 17.2. The summed E-state index contributed by atoms with van der Waals surface area (Å²) in [7, 11) is 2.97. The van der Waals surface area contributed by atoms with Crippen LogP contribution < -0.4 is 20.1 Å². The van der Waals surface area contributed by atoms with Gasteiger partial charge in [-0.1, -0.05) is 48.0 Å². The molecule has 0 aliphatic heterocycles. The van der Waals surface area contributed by atoms with Crippen LogP contribution in [0.2, 0.25) is 0 Å². The predicted molar refractivity (Wildman–Crippen MR) is 116 cm³/mol. The number of anilines is 1. The fourth-order valence-electron chi connectivity index (χ4n) is 3.03. The van der Waals surface area contributed by atoms with Gasteiger partial charge in [0.1, 0.15) is 17.1 Å². The van der Waals surface area contributed by atoms with Crippen molar-refractivity contribution in [3.8, 4) is 11.5 Å². The normalized spacial score (nSPS) is 10.2. The highest BCUT2D eigenvalue weighted by Crippen LogP contribution is 2.29. The summed E-state index contributed by atoms with van der Waals surface area (Å²) in [5.74, 6) is 0.0582. The molecular weight excluding hydrogens is 380 g/mol. The number of ether oxygens (including phenoxy) is 2. The van der Waals surface area contributed by atoms with Gasteiger partial charge in [-0.2, -0.15) is 0 Å². The standard InChI is InChI=1S/C24H24N2O4/c1-16-11-13-17(14-12-16)15-25-23(27)18-7-4-5-8-19(18)26-24(28)22-20(29-2)9-6-10-21(22)30-3/h4-14H,15H2,1-3H3,(H,25,27)(H,26,28). The quantitative estimate of drug-likeness (QED) is 0.619. The van der Waals surface area contributed by atoms with Crippen molar-refractivity contribution in [1.29, 1.82) is 0 Å². The van der Waals surface area contributed by atoms with Crippen LogP contribution in [0.25, 0.3) is 0 Å². The van der Waals surface area contributed by atoms with Gasteiger partial charge in [0.15, 0.2) is 0 Å². The number of methoxy groups -OCH3 is 2. The first-order chi connectivity index (χ1) is 14.5. The van der Waals surface area contributed by atoms with Crippen LogP contribution in [0.3, 0.4) is 0 Å². The van der Waals surface area contributed by atoms with Gasteiger partial charge < -0.3 is 20.1 Å². The van der Waals surface area contributed by atoms with Crippen LogP contribution in [-0.2, 0) is 6.54 Å². The third-order valence-corrected chi connectivity index (χ3v) is 4.65. The van der Waals surface area contributed by atoms with Crippen molar-refractivity contribution in [2.24, 2.45) is 0 Å². The molecule has 0 aliphatic rings. The number of carbonyl (C=O) groups excluding carboxylic acids is 2. The predicted octanol–water partition coefficient (Wildman–Crippen LogP) is 4.19. The van der Waals surface area contributed by atoms with E-state index in [1.165, 1.54) is 14.2 Å². The minimum atomic E-state index is -0.428. The smallest absolute Gasteiger partial charge is 0.263 e. The Labute approximate surface area is 175 Å². The maximum Gasteiger partial charge on any atom is 0.263 e. The van der Waals surface area contributed by atoms with Crippen LogP contribution >= 0.6 is 0 Å². The van der Waals surface area contributed by atoms with Crippen LogP contribution in [-0.4, -0.2) is 26.0 Å². The van der Waals surface area contributed by atoms with Gasteiger partial charge in [0.25, 0.3) is 11.8 Å². The number of benzene rings is 3. The van der Waals surface area contributed by atoms with E-state index in [9.17, 15) is 9.59 Å². The van der Waals surface area contributed by atoms with Gasteiger partial charge in [0.05, 0.1) is 25.5 Å². The number of amides is 2. The van der Waals surface area contributed by atoms with Gasteiger partial charge >= 0.3 is 0 Å². The van der Waals surface area contributed by atoms with Crippen LogP contribution in [0.15, 0.2) is 66.7 Å². The van der Waals surface area contributed by atoms with E-state index in [0.717, 1.165) is 11.1 Å². The Hall–Kier alpha value is -3.80. The average Bonchev–Trinajstić information content (AvgIpc) is 2.78. The Morgan fingerprint density at radius 1 is 0.800 bits per heavy atom. The fraction of sp³-hybridized carbons (Fsp3) is 0.167. The minimum Gasteiger partial charge on any atom is -0.496 e. The molecule has 6 heteroatoms. The fourth-order valence-corrected chi connectivity index (χ4v) is 3.03. The molecule has 6 nitrogen and oxygen atoms in total. The molecule has 0 heterocycles. The van der Waals surface area contributed by atoms with Crippen molar-refractivity contribution in [1.82, 2.24) is 5.32 Å². The second kappa shape index (κ2) is 9.60. The second-order valence-electron chi connectivity index (χ2n) is 6.71. The van der Waals surface area contributed by atoms with Crippen molar-refractivity contribution >= 4 is 17.5 Å². The highest BCUT2D eigenvalue weighted by atomic mass is 16.5. The molecule has 3 aromatic rings. The number of hydrogen-bond donors (Lipinski definition) is 2. The summed E-state index contributed by atoms with van der Waals surface area (Å²) in [4.78, 5) is 25.7. The van der Waals surface area contributed by atoms with Crippen molar-refractivity contribution in [2.75, 3.05) is 19.5 Å². The molecule has 3 rings (SSSR count). The topological polar surface area (TPSA) is 76.7 Å². The van der Waals surface area contributed by atoms with Gasteiger partial charge in [-0.25, -0.2) is 0 Å². The molecule has 0 spiro atoms. The Morgan fingerprint density at radius 2 is 1.43 bits per heavy atom. The molecule has 3 aromatic carbocycles. The molecular formula is C24H24N2O4. The summed E-state index contributed by atoms with van der Waals surface area (Å²) in [6.07, 6.45) is 0. The first kappa shape index (κ1) is 20.9. The van der Waals surface area contributed by atoms with Crippen molar-refractivity contribution < 1.29 is 19.1 Å². The summed E-state index contributed by atoms with van der Waals surface area (Å²) < 4.78 is 10.6. The largest absolute Gasteiger partial charge is 0.496 e. The Balaban J connectivity index is 1.79. The molecule has 0 aromatic heterocycles. The molecule has 0 radical (unpaired) electrons. The number of carbonyl (C=O) groups is 2. The van der Waals surface area contributed by atoms with Crippen LogP contribution in [0.1, 0.15) is 31.8 Å². The molecule has 0 saturated heterocycles. The van der Waals surface area contributed by atoms with E-state index in [2.05, 4.69) is 10.6 Å². The lowest BCUT2D eigenvalue weighted by Crippen LogP contribution is -2.25. The SMILES string of the molecule is COc1cccc(OC)c1C(=O)Nc1ccccc1C(=O)NCc1ccc(C)cc1. The molecule has 0 bridgehead atoms. The molecule has 30 heavy (non-hydrogen) atoms. The molecule has 0 unspecified atom stereocenters. The second-order valence-corrected chi connectivity index (χ2v) is 6.71. The van der Waals surface area contributed by atoms with Crippen molar-refractivity contribution in [2.45, 2.75) is 13.5 Å². The van der Waals surface area contributed by atoms with Crippen molar-refractivity contribution in [3.63, 3.8) is 0 Å². The third-order valence-electron chi connectivity index (χ3n) is 4.65. The van der Waals surface area contributed by atoms with E-state index in [1.54, 1.807) is 42.5 Å². The molecule has 2 N–H and O–H groups in total. The van der Waals surface area contributed by atoms with Gasteiger partial charge in [0, 0.05) is 6.54 Å². The van der Waals surface area contributed by atoms with Gasteiger partial charge in [-0.3, -0.25) is 9.59 Å². The van der Waals surface area contributed by atoms with Crippen molar-refractivity contribution in [3.05, 3.63) is 89.0 Å². The number of nitrogens with one attached hydrogen (secondary N) is 2. The zero-order chi connectivity index (χ0) is 21.5. The summed E-state index contributed by atoms with van der Waals surface area (Å²) in [6.45, 7) is 2.40. The summed E-state index contributed by atoms with van der Waals surface area (Å²) in [5, 5.41) is 5.70. The molecule has 0 saturated carbocycles. The van der Waals surface area contributed by atoms with Crippen LogP contribution in [0.4, 0.5) is 5.69 Å². The lowest BCUT2D eigenvalue weighted by molar-refractivity contribution is 0.0952. The molecule has 0 fully saturated rings. The lowest BCUT2D eigenvalue weighted by Gasteiger charge is -2.15. The van der Waals surface area contributed by atoms with Gasteiger partial charge in [0.2, 0.25) is 0 Å².